The molecule has 1 fully saturated rings. The normalized spacial score (nSPS) is 15.3. The fourth-order valence-corrected chi connectivity index (χ4v) is 3.41. The number of aromatic nitrogens is 2. The molecule has 0 bridgehead atoms. The first-order valence-corrected chi connectivity index (χ1v) is 8.76. The summed E-state index contributed by atoms with van der Waals surface area (Å²) >= 11 is 0. The highest BCUT2D eigenvalue weighted by atomic mass is 16.5. The summed E-state index contributed by atoms with van der Waals surface area (Å²) in [5.41, 5.74) is 2.93. The summed E-state index contributed by atoms with van der Waals surface area (Å²) in [7, 11) is 3.44. The average Bonchev–Trinajstić information content (AvgIpc) is 2.84. The van der Waals surface area contributed by atoms with Crippen LogP contribution in [0.1, 0.15) is 42.1 Å². The zero-order valence-electron chi connectivity index (χ0n) is 15.1. The van der Waals surface area contributed by atoms with Crippen molar-refractivity contribution < 1.29 is 9.53 Å². The van der Waals surface area contributed by atoms with Crippen LogP contribution >= 0.6 is 0 Å². The van der Waals surface area contributed by atoms with Gasteiger partial charge in [-0.15, -0.1) is 0 Å². The lowest BCUT2D eigenvalue weighted by molar-refractivity contribution is 0.207. The minimum Gasteiger partial charge on any atom is -0.481 e. The minimum atomic E-state index is -0.161. The van der Waals surface area contributed by atoms with E-state index in [9.17, 15) is 4.79 Å². The molecule has 1 aromatic heterocycles. The molecule has 1 aliphatic rings. The van der Waals surface area contributed by atoms with E-state index in [1.54, 1.807) is 11.8 Å². The molecule has 3 rings (SSSR count). The third kappa shape index (κ3) is 3.78. The molecule has 0 aliphatic heterocycles. The number of hydrogen-bond donors (Lipinski definition) is 2. The summed E-state index contributed by atoms with van der Waals surface area (Å²) in [6.45, 7) is 2.30. The molecule has 1 saturated carbocycles. The highest BCUT2D eigenvalue weighted by Gasteiger charge is 2.29. The van der Waals surface area contributed by atoms with E-state index in [1.807, 2.05) is 32.2 Å². The Labute approximate surface area is 148 Å². The van der Waals surface area contributed by atoms with Crippen LogP contribution in [-0.4, -0.2) is 22.9 Å². The Morgan fingerprint density at radius 2 is 2.08 bits per heavy atom. The molecule has 6 heteroatoms. The molecular formula is C19H26N4O2. The second-order valence-corrected chi connectivity index (χ2v) is 6.60. The van der Waals surface area contributed by atoms with Crippen molar-refractivity contribution in [2.75, 3.05) is 7.11 Å². The summed E-state index contributed by atoms with van der Waals surface area (Å²) < 4.78 is 7.06. The Morgan fingerprint density at radius 3 is 2.68 bits per heavy atom. The van der Waals surface area contributed by atoms with Gasteiger partial charge in [0.1, 0.15) is 0 Å². The molecule has 1 aromatic carbocycles. The van der Waals surface area contributed by atoms with Gasteiger partial charge in [-0.2, -0.15) is 5.10 Å². The van der Waals surface area contributed by atoms with Crippen molar-refractivity contribution in [1.82, 2.24) is 20.4 Å². The Hall–Kier alpha value is -2.50. The van der Waals surface area contributed by atoms with Gasteiger partial charge in [-0.25, -0.2) is 9.48 Å². The van der Waals surface area contributed by atoms with Crippen LogP contribution in [0.25, 0.3) is 0 Å². The maximum atomic E-state index is 12.5. The number of hydrogen-bond acceptors (Lipinski definition) is 3. The Bertz CT molecular complexity index is 723. The van der Waals surface area contributed by atoms with Crippen molar-refractivity contribution in [2.24, 2.45) is 13.0 Å². The van der Waals surface area contributed by atoms with Gasteiger partial charge in [0.25, 0.3) is 0 Å². The molecule has 0 spiro atoms. The maximum Gasteiger partial charge on any atom is 0.315 e. The van der Waals surface area contributed by atoms with Crippen molar-refractivity contribution in [3.63, 3.8) is 0 Å². The summed E-state index contributed by atoms with van der Waals surface area (Å²) in [6.07, 6.45) is 3.56. The summed E-state index contributed by atoms with van der Waals surface area (Å²) in [5.74, 6) is 1.19. The predicted molar refractivity (Wildman–Crippen MR) is 96.4 cm³/mol. The van der Waals surface area contributed by atoms with Gasteiger partial charge in [0.2, 0.25) is 5.88 Å². The van der Waals surface area contributed by atoms with Crippen LogP contribution < -0.4 is 15.4 Å². The topological polar surface area (TPSA) is 68.2 Å². The standard InChI is InChI=1S/C19H26N4O2/c1-13-16(18(25-3)23(2)22-13)12-20-19(24)21-17(15-10-7-11-15)14-8-5-4-6-9-14/h4-6,8-9,15,17H,7,10-12H2,1-3H3,(H2,20,21,24). The molecule has 2 aromatic rings. The van der Waals surface area contributed by atoms with Crippen molar-refractivity contribution in [3.05, 3.63) is 47.2 Å². The van der Waals surface area contributed by atoms with Crippen molar-refractivity contribution in [2.45, 2.75) is 38.8 Å². The molecule has 1 atom stereocenters. The number of carbonyl (C=O) groups is 1. The molecule has 0 radical (unpaired) electrons. The van der Waals surface area contributed by atoms with Crippen LogP contribution in [-0.2, 0) is 13.6 Å². The van der Waals surface area contributed by atoms with Gasteiger partial charge in [-0.05, 0) is 31.2 Å². The van der Waals surface area contributed by atoms with Gasteiger partial charge in [0, 0.05) is 7.05 Å². The number of nitrogens with one attached hydrogen (secondary N) is 2. The SMILES string of the molecule is COc1c(CNC(=O)NC(c2ccccc2)C2CCC2)c(C)nn1C. The van der Waals surface area contributed by atoms with Crippen LogP contribution in [0.4, 0.5) is 4.79 Å². The van der Waals surface area contributed by atoms with E-state index in [1.165, 1.54) is 6.42 Å². The third-order valence-corrected chi connectivity index (χ3v) is 4.97. The van der Waals surface area contributed by atoms with Gasteiger partial charge in [-0.1, -0.05) is 36.8 Å². The van der Waals surface area contributed by atoms with Crippen LogP contribution in [0.2, 0.25) is 0 Å². The zero-order chi connectivity index (χ0) is 17.8. The van der Waals surface area contributed by atoms with Crippen LogP contribution in [0.5, 0.6) is 5.88 Å². The molecule has 1 aliphatic carbocycles. The van der Waals surface area contributed by atoms with Crippen molar-refractivity contribution >= 4 is 6.03 Å². The predicted octanol–water partition coefficient (Wildman–Crippen LogP) is 3.08. The highest BCUT2D eigenvalue weighted by Crippen LogP contribution is 2.37. The fraction of sp³-hybridized carbons (Fsp3) is 0.474. The second kappa shape index (κ2) is 7.59. The number of amides is 2. The number of aryl methyl sites for hydroxylation is 2. The van der Waals surface area contributed by atoms with Crippen LogP contribution in [0.3, 0.4) is 0 Å². The van der Waals surface area contributed by atoms with E-state index in [2.05, 4.69) is 27.9 Å². The van der Waals surface area contributed by atoms with E-state index >= 15 is 0 Å². The molecular weight excluding hydrogens is 316 g/mol. The number of rotatable bonds is 6. The number of methoxy groups -OCH3 is 1. The number of urea groups is 1. The van der Waals surface area contributed by atoms with Gasteiger partial charge in [0.15, 0.2) is 0 Å². The highest BCUT2D eigenvalue weighted by molar-refractivity contribution is 5.74. The number of carbonyl (C=O) groups excluding carboxylic acids is 1. The molecule has 134 valence electrons. The molecule has 25 heavy (non-hydrogen) atoms. The zero-order valence-corrected chi connectivity index (χ0v) is 15.1. The van der Waals surface area contributed by atoms with E-state index in [0.717, 1.165) is 29.7 Å². The van der Waals surface area contributed by atoms with Gasteiger partial charge >= 0.3 is 6.03 Å². The number of ether oxygens (including phenoxy) is 1. The molecule has 0 saturated heterocycles. The Morgan fingerprint density at radius 1 is 1.36 bits per heavy atom. The lowest BCUT2D eigenvalue weighted by Crippen LogP contribution is -2.41. The molecule has 1 heterocycles. The first kappa shape index (κ1) is 17.3. The van der Waals surface area contributed by atoms with Crippen molar-refractivity contribution in [3.8, 4) is 5.88 Å². The molecule has 1 unspecified atom stereocenters. The lowest BCUT2D eigenvalue weighted by atomic mass is 9.77. The third-order valence-electron chi connectivity index (χ3n) is 4.97. The minimum absolute atomic E-state index is 0.0619. The summed E-state index contributed by atoms with van der Waals surface area (Å²) in [4.78, 5) is 12.5. The van der Waals surface area contributed by atoms with Crippen LogP contribution in [0.15, 0.2) is 30.3 Å². The first-order valence-electron chi connectivity index (χ1n) is 8.76. The van der Waals surface area contributed by atoms with E-state index in [-0.39, 0.29) is 12.1 Å². The fourth-order valence-electron chi connectivity index (χ4n) is 3.41. The number of benzene rings is 1. The molecule has 2 amide bonds. The first-order chi connectivity index (χ1) is 12.1. The van der Waals surface area contributed by atoms with E-state index in [4.69, 9.17) is 4.74 Å². The van der Waals surface area contributed by atoms with Gasteiger partial charge < -0.3 is 15.4 Å². The maximum absolute atomic E-state index is 12.5. The summed E-state index contributed by atoms with van der Waals surface area (Å²) in [6, 6.07) is 10.1. The van der Waals surface area contributed by atoms with Gasteiger partial charge in [0.05, 0.1) is 31.0 Å². The quantitative estimate of drug-likeness (QED) is 0.848. The smallest absolute Gasteiger partial charge is 0.315 e. The number of nitrogens with zero attached hydrogens (tertiary/aromatic N) is 2. The lowest BCUT2D eigenvalue weighted by Gasteiger charge is -2.34. The summed E-state index contributed by atoms with van der Waals surface area (Å²) in [5, 5.41) is 10.4. The Kier molecular flexibility index (Phi) is 5.26. The average molecular weight is 342 g/mol. The molecule has 2 N–H and O–H groups in total. The largest absolute Gasteiger partial charge is 0.481 e. The van der Waals surface area contributed by atoms with Crippen molar-refractivity contribution in [1.29, 1.82) is 0 Å². The van der Waals surface area contributed by atoms with Crippen LogP contribution in [0, 0.1) is 12.8 Å². The monoisotopic (exact) mass is 342 g/mol. The van der Waals surface area contributed by atoms with E-state index < -0.39 is 0 Å². The molecule has 6 nitrogen and oxygen atoms in total. The van der Waals surface area contributed by atoms with E-state index in [0.29, 0.717) is 18.3 Å². The van der Waals surface area contributed by atoms with Gasteiger partial charge in [-0.3, -0.25) is 0 Å². The second-order valence-electron chi connectivity index (χ2n) is 6.60. The Balaban J connectivity index is 1.64.